The van der Waals surface area contributed by atoms with Crippen LogP contribution in [0.3, 0.4) is 0 Å². The third-order valence-electron chi connectivity index (χ3n) is 5.79. The second-order valence-corrected chi connectivity index (χ2v) is 10.4. The average molecular weight is 405 g/mol. The minimum atomic E-state index is 0.0174. The Morgan fingerprint density at radius 2 is 1.96 bits per heavy atom. The van der Waals surface area contributed by atoms with Gasteiger partial charge in [0.1, 0.15) is 0 Å². The fourth-order valence-corrected chi connectivity index (χ4v) is 5.31. The lowest BCUT2D eigenvalue weighted by molar-refractivity contribution is 0.0352. The zero-order chi connectivity index (χ0) is 20.0. The maximum absolute atomic E-state index is 5.68. The molecule has 2 aliphatic heterocycles. The average Bonchev–Trinajstić information content (AvgIpc) is 2.69. The third-order valence-corrected chi connectivity index (χ3v) is 7.09. The van der Waals surface area contributed by atoms with Crippen LogP contribution in [-0.2, 0) is 4.74 Å². The highest BCUT2D eigenvalue weighted by atomic mass is 32.2. The third kappa shape index (κ3) is 5.65. The van der Waals surface area contributed by atoms with Crippen LogP contribution in [0, 0.1) is 0 Å². The molecular weight excluding hydrogens is 368 g/mol. The highest BCUT2D eigenvalue weighted by Gasteiger charge is 2.35. The number of nitrogens with zero attached hydrogens (tertiary/aromatic N) is 2. The molecule has 28 heavy (non-hydrogen) atoms. The Bertz CT molecular complexity index is 643. The zero-order valence-corrected chi connectivity index (χ0v) is 18.6. The summed E-state index contributed by atoms with van der Waals surface area (Å²) >= 11 is 2.05. The fourth-order valence-electron chi connectivity index (χ4n) is 4.20. The first kappa shape index (κ1) is 21.5. The second kappa shape index (κ2) is 9.51. The first-order chi connectivity index (χ1) is 13.4. The first-order valence-electron chi connectivity index (χ1n) is 10.4. The van der Waals surface area contributed by atoms with Gasteiger partial charge in [-0.3, -0.25) is 4.99 Å². The molecule has 0 spiro atoms. The molecule has 3 rings (SSSR count). The number of thioether (sulfide) groups is 1. The van der Waals surface area contributed by atoms with E-state index in [0.29, 0.717) is 6.04 Å². The Labute approximate surface area is 174 Å². The minimum absolute atomic E-state index is 0.0174. The van der Waals surface area contributed by atoms with E-state index in [-0.39, 0.29) is 10.3 Å². The maximum atomic E-state index is 5.68. The second-order valence-electron chi connectivity index (χ2n) is 8.60. The van der Waals surface area contributed by atoms with Crippen LogP contribution in [-0.4, -0.2) is 66.8 Å². The predicted molar refractivity (Wildman–Crippen MR) is 120 cm³/mol. The largest absolute Gasteiger partial charge is 0.381 e. The van der Waals surface area contributed by atoms with Crippen molar-refractivity contribution in [2.75, 3.05) is 45.6 Å². The smallest absolute Gasteiger partial charge is 0.193 e. The van der Waals surface area contributed by atoms with Crippen LogP contribution in [0.1, 0.15) is 45.2 Å². The van der Waals surface area contributed by atoms with Gasteiger partial charge in [0.25, 0.3) is 0 Å². The summed E-state index contributed by atoms with van der Waals surface area (Å²) in [5.41, 5.74) is 1.34. The zero-order valence-electron chi connectivity index (χ0n) is 17.8. The van der Waals surface area contributed by atoms with Crippen LogP contribution >= 0.6 is 11.8 Å². The van der Waals surface area contributed by atoms with E-state index in [1.807, 2.05) is 7.05 Å². The van der Waals surface area contributed by atoms with E-state index in [0.717, 1.165) is 57.4 Å². The SMILES string of the molecule is CN=C(NCC1(NC(C)c2ccccc2)CCOCC1)N1CCSC(C)(C)C1. The molecule has 0 radical (unpaired) electrons. The Morgan fingerprint density at radius 1 is 1.25 bits per heavy atom. The highest BCUT2D eigenvalue weighted by Crippen LogP contribution is 2.30. The first-order valence-corrected chi connectivity index (χ1v) is 11.4. The van der Waals surface area contributed by atoms with Crippen LogP contribution in [0.2, 0.25) is 0 Å². The molecule has 2 aliphatic rings. The molecule has 2 saturated heterocycles. The van der Waals surface area contributed by atoms with Crippen molar-refractivity contribution >= 4 is 17.7 Å². The summed E-state index contributed by atoms with van der Waals surface area (Å²) in [6.07, 6.45) is 2.02. The number of hydrogen-bond donors (Lipinski definition) is 2. The van der Waals surface area contributed by atoms with Gasteiger partial charge >= 0.3 is 0 Å². The van der Waals surface area contributed by atoms with Gasteiger partial charge in [-0.1, -0.05) is 30.3 Å². The lowest BCUT2D eigenvalue weighted by Crippen LogP contribution is -2.59. The molecule has 5 nitrogen and oxygen atoms in total. The normalized spacial score (nSPS) is 23.3. The van der Waals surface area contributed by atoms with Crippen molar-refractivity contribution in [1.29, 1.82) is 0 Å². The van der Waals surface area contributed by atoms with E-state index in [9.17, 15) is 0 Å². The topological polar surface area (TPSA) is 48.9 Å². The van der Waals surface area contributed by atoms with Crippen molar-refractivity contribution in [3.63, 3.8) is 0 Å². The summed E-state index contributed by atoms with van der Waals surface area (Å²) in [7, 11) is 1.90. The van der Waals surface area contributed by atoms with Crippen molar-refractivity contribution < 1.29 is 4.74 Å². The number of nitrogens with one attached hydrogen (secondary N) is 2. The maximum Gasteiger partial charge on any atom is 0.193 e. The number of hydrogen-bond acceptors (Lipinski definition) is 4. The van der Waals surface area contributed by atoms with Gasteiger partial charge in [-0.25, -0.2) is 0 Å². The van der Waals surface area contributed by atoms with E-state index in [2.05, 4.69) is 83.4 Å². The van der Waals surface area contributed by atoms with Crippen molar-refractivity contribution in [3.8, 4) is 0 Å². The van der Waals surface area contributed by atoms with Crippen molar-refractivity contribution in [2.45, 2.75) is 49.9 Å². The number of ether oxygens (including phenoxy) is 1. The van der Waals surface area contributed by atoms with Gasteiger partial charge in [0.15, 0.2) is 5.96 Å². The predicted octanol–water partition coefficient (Wildman–Crippen LogP) is 3.29. The molecule has 2 N–H and O–H groups in total. The molecule has 1 aromatic carbocycles. The van der Waals surface area contributed by atoms with Crippen molar-refractivity contribution in [2.24, 2.45) is 4.99 Å². The molecule has 6 heteroatoms. The highest BCUT2D eigenvalue weighted by molar-refractivity contribution is 8.00. The van der Waals surface area contributed by atoms with Crippen LogP contribution in [0.5, 0.6) is 0 Å². The quantitative estimate of drug-likeness (QED) is 0.583. The van der Waals surface area contributed by atoms with Gasteiger partial charge in [-0.05, 0) is 39.2 Å². The summed E-state index contributed by atoms with van der Waals surface area (Å²) in [4.78, 5) is 7.00. The molecule has 0 amide bonds. The van der Waals surface area contributed by atoms with Crippen LogP contribution < -0.4 is 10.6 Å². The Morgan fingerprint density at radius 3 is 2.61 bits per heavy atom. The van der Waals surface area contributed by atoms with Gasteiger partial charge in [-0.2, -0.15) is 11.8 Å². The molecule has 0 bridgehead atoms. The van der Waals surface area contributed by atoms with Gasteiger partial charge in [-0.15, -0.1) is 0 Å². The lowest BCUT2D eigenvalue weighted by atomic mass is 9.88. The lowest BCUT2D eigenvalue weighted by Gasteiger charge is -2.43. The summed E-state index contributed by atoms with van der Waals surface area (Å²) in [6.45, 7) is 11.5. The summed E-state index contributed by atoms with van der Waals surface area (Å²) in [5, 5.41) is 7.62. The number of guanidine groups is 1. The van der Waals surface area contributed by atoms with Gasteiger partial charge in [0, 0.05) is 62.0 Å². The van der Waals surface area contributed by atoms with Crippen molar-refractivity contribution in [1.82, 2.24) is 15.5 Å². The molecule has 1 aromatic rings. The van der Waals surface area contributed by atoms with E-state index in [1.54, 1.807) is 0 Å². The molecule has 0 aliphatic carbocycles. The summed E-state index contributed by atoms with van der Waals surface area (Å²) in [5.74, 6) is 2.17. The monoisotopic (exact) mass is 404 g/mol. The molecule has 0 saturated carbocycles. The van der Waals surface area contributed by atoms with E-state index >= 15 is 0 Å². The number of benzene rings is 1. The Kier molecular flexibility index (Phi) is 7.29. The Hall–Kier alpha value is -1.24. The summed E-state index contributed by atoms with van der Waals surface area (Å²) in [6, 6.07) is 11.0. The molecule has 2 fully saturated rings. The van der Waals surface area contributed by atoms with E-state index in [4.69, 9.17) is 4.74 Å². The summed E-state index contributed by atoms with van der Waals surface area (Å²) < 4.78 is 5.95. The fraction of sp³-hybridized carbons (Fsp3) is 0.682. The van der Waals surface area contributed by atoms with E-state index in [1.165, 1.54) is 5.56 Å². The van der Waals surface area contributed by atoms with Crippen LogP contribution in [0.25, 0.3) is 0 Å². The Balaban J connectivity index is 1.66. The molecule has 1 atom stereocenters. The number of aliphatic imine (C=N–C) groups is 1. The molecule has 0 aromatic heterocycles. The van der Waals surface area contributed by atoms with Crippen LogP contribution in [0.4, 0.5) is 0 Å². The van der Waals surface area contributed by atoms with E-state index < -0.39 is 0 Å². The number of rotatable bonds is 5. The van der Waals surface area contributed by atoms with Gasteiger partial charge in [0.2, 0.25) is 0 Å². The minimum Gasteiger partial charge on any atom is -0.381 e. The molecule has 156 valence electrons. The van der Waals surface area contributed by atoms with Gasteiger partial charge < -0.3 is 20.3 Å². The van der Waals surface area contributed by atoms with Crippen molar-refractivity contribution in [3.05, 3.63) is 35.9 Å². The van der Waals surface area contributed by atoms with Gasteiger partial charge in [0.05, 0.1) is 0 Å². The molecule has 2 heterocycles. The standard InChI is InChI=1S/C22H36N4OS/c1-18(19-8-6-5-7-9-19)25-22(10-13-27-14-11-22)16-24-20(23-4)26-12-15-28-21(2,3)17-26/h5-9,18,25H,10-17H2,1-4H3,(H,23,24). The van der Waals surface area contributed by atoms with Crippen LogP contribution in [0.15, 0.2) is 35.3 Å². The molecule has 1 unspecified atom stereocenters. The molecular formula is C22H36N4OS.